The first kappa shape index (κ1) is 23.3. The molecule has 2 rings (SSSR count). The molecule has 0 aliphatic heterocycles. The molecule has 30 heavy (non-hydrogen) atoms. The van der Waals surface area contributed by atoms with Gasteiger partial charge in [0, 0.05) is 21.9 Å². The lowest BCUT2D eigenvalue weighted by atomic mass is 10.0. The molecule has 0 aliphatic carbocycles. The van der Waals surface area contributed by atoms with Crippen LogP contribution < -0.4 is 22.4 Å². The maximum absolute atomic E-state index is 13.0. The summed E-state index contributed by atoms with van der Waals surface area (Å²) in [4.78, 5) is 23.8. The van der Waals surface area contributed by atoms with Crippen molar-refractivity contribution in [2.75, 3.05) is 6.54 Å². The van der Waals surface area contributed by atoms with Crippen molar-refractivity contribution in [1.82, 2.24) is 15.8 Å². The Morgan fingerprint density at radius 1 is 1.23 bits per heavy atom. The zero-order valence-electron chi connectivity index (χ0n) is 16.0. The van der Waals surface area contributed by atoms with Crippen LogP contribution in [0, 0.1) is 5.82 Å². The number of nitrogens with zero attached hydrogens (tertiary/aromatic N) is 1. The van der Waals surface area contributed by atoms with Crippen molar-refractivity contribution in [1.29, 1.82) is 0 Å². The van der Waals surface area contributed by atoms with Gasteiger partial charge in [-0.15, -0.1) is 0 Å². The van der Waals surface area contributed by atoms with Gasteiger partial charge in [-0.25, -0.2) is 15.7 Å². The van der Waals surface area contributed by atoms with Crippen molar-refractivity contribution in [2.45, 2.75) is 18.9 Å². The maximum atomic E-state index is 13.0. The first-order valence-electron chi connectivity index (χ1n) is 8.99. The largest absolute Gasteiger partial charge is 0.399 e. The van der Waals surface area contributed by atoms with Crippen molar-refractivity contribution in [3.8, 4) is 0 Å². The van der Waals surface area contributed by atoms with Gasteiger partial charge in [0.15, 0.2) is 0 Å². The topological polar surface area (TPSA) is 134 Å². The number of benzene rings is 2. The first-order valence-corrected chi connectivity index (χ1v) is 9.78. The highest BCUT2D eigenvalue weighted by Gasteiger charge is 2.19. The van der Waals surface area contributed by atoms with Crippen molar-refractivity contribution < 1.29 is 19.2 Å². The van der Waals surface area contributed by atoms with Crippen LogP contribution in [0.2, 0.25) is 0 Å². The fourth-order valence-electron chi connectivity index (χ4n) is 2.71. The number of nitrogens with two attached hydrogens (primary N) is 2. The van der Waals surface area contributed by atoms with Gasteiger partial charge >= 0.3 is 0 Å². The Morgan fingerprint density at radius 3 is 2.57 bits per heavy atom. The Bertz CT molecular complexity index is 908. The lowest BCUT2D eigenvalue weighted by Crippen LogP contribution is -2.42. The molecule has 7 N–H and O–H groups in total. The molecule has 1 unspecified atom stereocenters. The number of carbonyl (C=O) groups excluding carboxylic acids is 2. The monoisotopic (exact) mass is 479 g/mol. The molecular formula is C20H23BrFN5O3. The summed E-state index contributed by atoms with van der Waals surface area (Å²) in [7, 11) is 0. The summed E-state index contributed by atoms with van der Waals surface area (Å²) in [5.74, 6) is 4.64. The molecule has 0 bridgehead atoms. The van der Waals surface area contributed by atoms with Gasteiger partial charge in [0.25, 0.3) is 5.91 Å². The minimum absolute atomic E-state index is 0.000286. The van der Waals surface area contributed by atoms with Crippen LogP contribution in [0.15, 0.2) is 64.9 Å². The second kappa shape index (κ2) is 11.3. The van der Waals surface area contributed by atoms with Gasteiger partial charge in [0.2, 0.25) is 5.91 Å². The van der Waals surface area contributed by atoms with E-state index < -0.39 is 23.7 Å². The summed E-state index contributed by atoms with van der Waals surface area (Å²) in [6, 6.07) is 12.1. The van der Waals surface area contributed by atoms with E-state index in [9.17, 15) is 14.0 Å². The molecule has 8 nitrogen and oxygen atoms in total. The average molecular weight is 480 g/mol. The highest BCUT2D eigenvalue weighted by Crippen LogP contribution is 2.16. The number of nitrogens with one attached hydrogen (secondary N) is 2. The van der Waals surface area contributed by atoms with Gasteiger partial charge in [0.05, 0.1) is 19.0 Å². The molecule has 2 aromatic rings. The van der Waals surface area contributed by atoms with E-state index in [0.717, 1.165) is 10.0 Å². The molecule has 0 fully saturated rings. The summed E-state index contributed by atoms with van der Waals surface area (Å²) in [6.07, 6.45) is 1.75. The number of hydrogen-bond donors (Lipinski definition) is 5. The predicted octanol–water partition coefficient (Wildman–Crippen LogP) is 1.80. The van der Waals surface area contributed by atoms with E-state index in [1.807, 2.05) is 24.3 Å². The van der Waals surface area contributed by atoms with E-state index in [2.05, 4.69) is 21.2 Å². The predicted molar refractivity (Wildman–Crippen MR) is 113 cm³/mol. The normalized spacial score (nSPS) is 12.2. The van der Waals surface area contributed by atoms with Crippen molar-refractivity contribution in [3.63, 3.8) is 0 Å². The smallest absolute Gasteiger partial charge is 0.251 e. The molecule has 10 heteroatoms. The zero-order chi connectivity index (χ0) is 22.1. The zero-order valence-corrected chi connectivity index (χ0v) is 17.6. The van der Waals surface area contributed by atoms with E-state index in [1.165, 1.54) is 35.5 Å². The second-order valence-electron chi connectivity index (χ2n) is 6.57. The number of hydroxylamine groups is 1. The van der Waals surface area contributed by atoms with Gasteiger partial charge < -0.3 is 16.1 Å². The van der Waals surface area contributed by atoms with Gasteiger partial charge in [-0.2, -0.15) is 0 Å². The molecule has 0 saturated heterocycles. The molecule has 0 radical (unpaired) electrons. The lowest BCUT2D eigenvalue weighted by molar-refractivity contribution is -0.130. The van der Waals surface area contributed by atoms with Gasteiger partial charge in [-0.05, 0) is 48.4 Å². The molecule has 0 spiro atoms. The van der Waals surface area contributed by atoms with Crippen LogP contribution in [-0.4, -0.2) is 34.6 Å². The minimum Gasteiger partial charge on any atom is -0.399 e. The van der Waals surface area contributed by atoms with Crippen LogP contribution in [0.25, 0.3) is 0 Å². The molecule has 2 aromatic carbocycles. The van der Waals surface area contributed by atoms with Crippen LogP contribution in [0.3, 0.4) is 0 Å². The number of amides is 2. The van der Waals surface area contributed by atoms with Crippen LogP contribution >= 0.6 is 15.9 Å². The molecule has 0 saturated carbocycles. The number of rotatable bonds is 9. The Balaban J connectivity index is 2.03. The lowest BCUT2D eigenvalue weighted by Gasteiger charge is -2.26. The van der Waals surface area contributed by atoms with E-state index in [4.69, 9.17) is 16.8 Å². The van der Waals surface area contributed by atoms with Crippen LogP contribution in [0.1, 0.15) is 22.3 Å². The average Bonchev–Trinajstić information content (AvgIpc) is 2.72. The summed E-state index contributed by atoms with van der Waals surface area (Å²) < 4.78 is 13.8. The number of halogens is 2. The Hall–Kier alpha value is -2.95. The molecule has 160 valence electrons. The minimum atomic E-state index is -0.595. The first-order chi connectivity index (χ1) is 14.3. The molecule has 0 aromatic heterocycles. The maximum Gasteiger partial charge on any atom is 0.251 e. The highest BCUT2D eigenvalue weighted by atomic mass is 79.9. The van der Waals surface area contributed by atoms with E-state index in [1.54, 1.807) is 5.48 Å². The third-order valence-corrected chi connectivity index (χ3v) is 4.70. The third kappa shape index (κ3) is 7.47. The number of hydrazine groups is 1. The van der Waals surface area contributed by atoms with Crippen LogP contribution in [0.5, 0.6) is 0 Å². The Morgan fingerprint density at radius 2 is 1.93 bits per heavy atom. The second-order valence-corrected chi connectivity index (χ2v) is 7.48. The van der Waals surface area contributed by atoms with E-state index in [0.29, 0.717) is 12.0 Å². The highest BCUT2D eigenvalue weighted by molar-refractivity contribution is 9.10. The SMILES string of the molecule is N/C(=C\N(N)C(CC(=O)NO)Cc1cccc(Br)c1)CNC(=O)c1ccc(F)cc1. The quantitative estimate of drug-likeness (QED) is 0.211. The van der Waals surface area contributed by atoms with Gasteiger partial charge in [-0.1, -0.05) is 28.1 Å². The number of hydrogen-bond acceptors (Lipinski definition) is 6. The summed E-state index contributed by atoms with van der Waals surface area (Å²) >= 11 is 3.39. The van der Waals surface area contributed by atoms with Crippen LogP contribution in [-0.2, 0) is 11.2 Å². The third-order valence-electron chi connectivity index (χ3n) is 4.20. The molecule has 0 heterocycles. The van der Waals surface area contributed by atoms with Crippen LogP contribution in [0.4, 0.5) is 4.39 Å². The fraction of sp³-hybridized carbons (Fsp3) is 0.200. The standard InChI is InChI=1S/C20H23BrFN5O3/c21-15-3-1-2-13(8-15)9-18(10-19(28)26-30)27(24)12-17(23)11-25-20(29)14-4-6-16(22)7-5-14/h1-8,12,18,30H,9-11,23-24H2,(H,25,29)(H,26,28)/b17-12-. The van der Waals surface area contributed by atoms with E-state index >= 15 is 0 Å². The summed E-state index contributed by atoms with van der Waals surface area (Å²) in [5, 5.41) is 12.7. The van der Waals surface area contributed by atoms with Gasteiger partial charge in [0.1, 0.15) is 5.82 Å². The van der Waals surface area contributed by atoms with Crippen molar-refractivity contribution >= 4 is 27.7 Å². The van der Waals surface area contributed by atoms with E-state index in [-0.39, 0.29) is 18.7 Å². The fourth-order valence-corrected chi connectivity index (χ4v) is 3.15. The summed E-state index contributed by atoms with van der Waals surface area (Å²) in [5.41, 5.74) is 9.01. The van der Waals surface area contributed by atoms with Crippen molar-refractivity contribution in [3.05, 3.63) is 81.8 Å². The Labute approximate surface area is 181 Å². The molecular weight excluding hydrogens is 457 g/mol. The molecule has 2 amide bonds. The molecule has 0 aliphatic rings. The number of carbonyl (C=O) groups is 2. The van der Waals surface area contributed by atoms with Gasteiger partial charge in [-0.3, -0.25) is 14.8 Å². The Kier molecular flexibility index (Phi) is 8.78. The summed E-state index contributed by atoms with van der Waals surface area (Å²) in [6.45, 7) is -0.000286. The van der Waals surface area contributed by atoms with Crippen molar-refractivity contribution in [2.24, 2.45) is 11.6 Å². The molecule has 1 atom stereocenters.